The Balaban J connectivity index is 2.68. The number of aromatic nitrogens is 1. The molecule has 1 heterocycles. The van der Waals surface area contributed by atoms with Crippen LogP contribution in [-0.2, 0) is 0 Å². The lowest BCUT2D eigenvalue weighted by molar-refractivity contribution is 0.325. The maximum Gasteiger partial charge on any atom is 0.0423 e. The van der Waals surface area contributed by atoms with Crippen molar-refractivity contribution in [2.45, 2.75) is 13.0 Å². The predicted molar refractivity (Wildman–Crippen MR) is 44.2 cm³/mol. The fourth-order valence-corrected chi connectivity index (χ4v) is 1.42. The number of hydrogen-bond acceptors (Lipinski definition) is 3. The van der Waals surface area contributed by atoms with Gasteiger partial charge in [0.15, 0.2) is 0 Å². The first-order chi connectivity index (χ1) is 4.72. The lowest BCUT2D eigenvalue weighted by Crippen LogP contribution is -2.15. The minimum Gasteiger partial charge on any atom is -0.302 e. The number of rotatable bonds is 2. The molecule has 2 nitrogen and oxygen atoms in total. The van der Waals surface area contributed by atoms with E-state index < -0.39 is 0 Å². The summed E-state index contributed by atoms with van der Waals surface area (Å²) in [5.41, 5.74) is 0. The van der Waals surface area contributed by atoms with E-state index in [-0.39, 0.29) is 0 Å². The second-order valence-electron chi connectivity index (χ2n) is 2.55. The molecule has 0 fully saturated rings. The highest BCUT2D eigenvalue weighted by Gasteiger charge is 2.07. The smallest absolute Gasteiger partial charge is 0.0423 e. The van der Waals surface area contributed by atoms with E-state index in [2.05, 4.69) is 36.4 Å². The highest BCUT2D eigenvalue weighted by atomic mass is 32.1. The van der Waals surface area contributed by atoms with Crippen LogP contribution in [0.1, 0.15) is 17.8 Å². The van der Waals surface area contributed by atoms with Crippen LogP contribution >= 0.6 is 11.5 Å². The van der Waals surface area contributed by atoms with Gasteiger partial charge in [0.1, 0.15) is 0 Å². The Hall–Kier alpha value is -0.410. The van der Waals surface area contributed by atoms with Crippen LogP contribution in [0.5, 0.6) is 0 Å². The van der Waals surface area contributed by atoms with Gasteiger partial charge in [-0.2, -0.15) is 0 Å². The molecule has 3 heteroatoms. The molecule has 0 saturated carbocycles. The van der Waals surface area contributed by atoms with Crippen molar-refractivity contribution in [2.24, 2.45) is 0 Å². The first kappa shape index (κ1) is 7.69. The van der Waals surface area contributed by atoms with E-state index in [4.69, 9.17) is 0 Å². The summed E-state index contributed by atoms with van der Waals surface area (Å²) in [6, 6.07) is 2.56. The van der Waals surface area contributed by atoms with Gasteiger partial charge in [0, 0.05) is 17.1 Å². The molecule has 0 amide bonds. The topological polar surface area (TPSA) is 16.1 Å². The van der Waals surface area contributed by atoms with Gasteiger partial charge >= 0.3 is 0 Å². The summed E-state index contributed by atoms with van der Waals surface area (Å²) in [6.45, 7) is 2.17. The fourth-order valence-electron chi connectivity index (χ4n) is 0.696. The van der Waals surface area contributed by atoms with Gasteiger partial charge in [-0.05, 0) is 38.6 Å². The summed E-state index contributed by atoms with van der Waals surface area (Å²) >= 11 is 1.57. The van der Waals surface area contributed by atoms with Crippen molar-refractivity contribution in [3.05, 3.63) is 17.1 Å². The number of nitrogens with zero attached hydrogens (tertiary/aromatic N) is 2. The lowest BCUT2D eigenvalue weighted by atomic mass is 10.3. The molecule has 0 bridgehead atoms. The number of hydrogen-bond donors (Lipinski definition) is 0. The largest absolute Gasteiger partial charge is 0.302 e. The quantitative estimate of drug-likeness (QED) is 0.648. The Morgan fingerprint density at radius 1 is 1.60 bits per heavy atom. The Labute approximate surface area is 65.7 Å². The lowest BCUT2D eigenvalue weighted by Gasteiger charge is -2.16. The highest BCUT2D eigenvalue weighted by molar-refractivity contribution is 7.05. The van der Waals surface area contributed by atoms with Gasteiger partial charge in [0.2, 0.25) is 0 Å². The van der Waals surface area contributed by atoms with Crippen molar-refractivity contribution in [1.82, 2.24) is 9.27 Å². The molecule has 0 saturated heterocycles. The van der Waals surface area contributed by atoms with Gasteiger partial charge in [-0.1, -0.05) is 0 Å². The molecule has 1 unspecified atom stereocenters. The molecular formula is C7H12N2S. The second kappa shape index (κ2) is 3.12. The predicted octanol–water partition coefficient (Wildman–Crippen LogP) is 1.77. The summed E-state index contributed by atoms with van der Waals surface area (Å²) in [5, 5.41) is 0. The van der Waals surface area contributed by atoms with Crippen molar-refractivity contribution in [3.8, 4) is 0 Å². The van der Waals surface area contributed by atoms with Crippen LogP contribution in [0.4, 0.5) is 0 Å². The summed E-state index contributed by atoms with van der Waals surface area (Å²) in [6.07, 6.45) is 1.85. The Bertz CT molecular complexity index is 181. The van der Waals surface area contributed by atoms with E-state index >= 15 is 0 Å². The molecule has 56 valence electrons. The Kier molecular flexibility index (Phi) is 2.40. The maximum atomic E-state index is 4.04. The van der Waals surface area contributed by atoms with Crippen LogP contribution in [0.15, 0.2) is 12.3 Å². The first-order valence-corrected chi connectivity index (χ1v) is 4.06. The second-order valence-corrected chi connectivity index (χ2v) is 3.42. The zero-order valence-corrected chi connectivity index (χ0v) is 7.35. The molecule has 1 rings (SSSR count). The van der Waals surface area contributed by atoms with Crippen molar-refractivity contribution in [1.29, 1.82) is 0 Å². The highest BCUT2D eigenvalue weighted by Crippen LogP contribution is 2.19. The average Bonchev–Trinajstić information content (AvgIpc) is 2.36. The minimum absolute atomic E-state index is 0.493. The molecule has 0 N–H and O–H groups in total. The summed E-state index contributed by atoms with van der Waals surface area (Å²) in [4.78, 5) is 3.50. The van der Waals surface area contributed by atoms with E-state index in [1.165, 1.54) is 4.88 Å². The van der Waals surface area contributed by atoms with Crippen LogP contribution in [0, 0.1) is 0 Å². The molecular weight excluding hydrogens is 144 g/mol. The molecule has 0 aliphatic rings. The van der Waals surface area contributed by atoms with E-state index in [9.17, 15) is 0 Å². The van der Waals surface area contributed by atoms with E-state index in [1.54, 1.807) is 11.5 Å². The van der Waals surface area contributed by atoms with Crippen LogP contribution < -0.4 is 0 Å². The fraction of sp³-hybridized carbons (Fsp3) is 0.571. The first-order valence-electron chi connectivity index (χ1n) is 3.29. The van der Waals surface area contributed by atoms with Gasteiger partial charge in [0.25, 0.3) is 0 Å². The summed E-state index contributed by atoms with van der Waals surface area (Å²) in [7, 11) is 4.15. The molecule has 10 heavy (non-hydrogen) atoms. The molecule has 1 atom stereocenters. The van der Waals surface area contributed by atoms with Crippen molar-refractivity contribution in [3.63, 3.8) is 0 Å². The Morgan fingerprint density at radius 3 is 2.70 bits per heavy atom. The molecule has 0 aromatic carbocycles. The maximum absolute atomic E-state index is 4.04. The molecule has 0 spiro atoms. The normalized spacial score (nSPS) is 14.0. The average molecular weight is 156 g/mol. The molecule has 1 aromatic heterocycles. The van der Waals surface area contributed by atoms with Crippen LogP contribution in [0.25, 0.3) is 0 Å². The van der Waals surface area contributed by atoms with Gasteiger partial charge in [-0.3, -0.25) is 0 Å². The molecule has 0 aliphatic heterocycles. The van der Waals surface area contributed by atoms with E-state index in [0.29, 0.717) is 6.04 Å². The molecule has 0 radical (unpaired) electrons. The standard InChI is InChI=1S/C7H12N2S/c1-6(9(2)3)7-4-5-8-10-7/h4-6H,1-3H3. The summed E-state index contributed by atoms with van der Waals surface area (Å²) < 4.78 is 4.04. The zero-order chi connectivity index (χ0) is 7.56. The van der Waals surface area contributed by atoms with E-state index in [1.807, 2.05) is 6.20 Å². The van der Waals surface area contributed by atoms with Gasteiger partial charge in [-0.25, -0.2) is 4.37 Å². The minimum atomic E-state index is 0.493. The summed E-state index contributed by atoms with van der Waals surface area (Å²) in [5.74, 6) is 0. The van der Waals surface area contributed by atoms with Crippen molar-refractivity contribution >= 4 is 11.5 Å². The van der Waals surface area contributed by atoms with Crippen molar-refractivity contribution in [2.75, 3.05) is 14.1 Å². The molecule has 0 aliphatic carbocycles. The zero-order valence-electron chi connectivity index (χ0n) is 6.53. The van der Waals surface area contributed by atoms with Crippen LogP contribution in [-0.4, -0.2) is 23.4 Å². The van der Waals surface area contributed by atoms with Crippen molar-refractivity contribution < 1.29 is 0 Å². The third-order valence-corrected chi connectivity index (χ3v) is 2.56. The van der Waals surface area contributed by atoms with Gasteiger partial charge in [0.05, 0.1) is 0 Å². The van der Waals surface area contributed by atoms with E-state index in [0.717, 1.165) is 0 Å². The third-order valence-electron chi connectivity index (χ3n) is 1.64. The van der Waals surface area contributed by atoms with Crippen LogP contribution in [0.2, 0.25) is 0 Å². The Morgan fingerprint density at radius 2 is 2.30 bits per heavy atom. The monoisotopic (exact) mass is 156 g/mol. The van der Waals surface area contributed by atoms with Gasteiger partial charge in [-0.15, -0.1) is 0 Å². The molecule has 1 aromatic rings. The van der Waals surface area contributed by atoms with Crippen LogP contribution in [0.3, 0.4) is 0 Å². The van der Waals surface area contributed by atoms with Gasteiger partial charge < -0.3 is 4.90 Å². The third kappa shape index (κ3) is 1.55. The SMILES string of the molecule is CC(c1ccns1)N(C)C.